The predicted molar refractivity (Wildman–Crippen MR) is 45.6 cm³/mol. The SMILES string of the molecule is CC1(C)Cc2cnccc2N1. The van der Waals surface area contributed by atoms with Crippen LogP contribution in [0.4, 0.5) is 5.69 Å². The third-order valence-corrected chi connectivity index (χ3v) is 2.01. The Hall–Kier alpha value is -1.05. The van der Waals surface area contributed by atoms with Gasteiger partial charge in [0.05, 0.1) is 0 Å². The molecule has 1 N–H and O–H groups in total. The highest BCUT2D eigenvalue weighted by molar-refractivity contribution is 5.56. The van der Waals surface area contributed by atoms with Gasteiger partial charge in [0.2, 0.25) is 0 Å². The van der Waals surface area contributed by atoms with Crippen LogP contribution in [-0.2, 0) is 6.42 Å². The standard InChI is InChI=1S/C9H12N2/c1-9(2)5-7-6-10-4-3-8(7)11-9/h3-4,6,11H,5H2,1-2H3. The summed E-state index contributed by atoms with van der Waals surface area (Å²) in [5.41, 5.74) is 2.79. The van der Waals surface area contributed by atoms with Gasteiger partial charge in [-0.2, -0.15) is 0 Å². The van der Waals surface area contributed by atoms with Crippen LogP contribution in [0.1, 0.15) is 19.4 Å². The third-order valence-electron chi connectivity index (χ3n) is 2.01. The number of rotatable bonds is 0. The average Bonchev–Trinajstić information content (AvgIpc) is 2.21. The number of hydrogen-bond donors (Lipinski definition) is 1. The van der Waals surface area contributed by atoms with E-state index in [0.717, 1.165) is 6.42 Å². The second-order valence-electron chi connectivity index (χ2n) is 3.72. The van der Waals surface area contributed by atoms with E-state index in [1.807, 2.05) is 18.5 Å². The van der Waals surface area contributed by atoms with Crippen LogP contribution in [0.25, 0.3) is 0 Å². The third kappa shape index (κ3) is 1.09. The van der Waals surface area contributed by atoms with E-state index < -0.39 is 0 Å². The number of nitrogens with one attached hydrogen (secondary N) is 1. The Balaban J connectivity index is 2.41. The van der Waals surface area contributed by atoms with Crippen molar-refractivity contribution in [2.75, 3.05) is 5.32 Å². The molecule has 0 aliphatic carbocycles. The van der Waals surface area contributed by atoms with Crippen LogP contribution in [-0.4, -0.2) is 10.5 Å². The van der Waals surface area contributed by atoms with Crippen LogP contribution in [0.5, 0.6) is 0 Å². The molecular formula is C9H12N2. The highest BCUT2D eigenvalue weighted by Gasteiger charge is 2.26. The second kappa shape index (κ2) is 1.97. The molecule has 0 unspecified atom stereocenters. The molecule has 1 aliphatic heterocycles. The van der Waals surface area contributed by atoms with Crippen molar-refractivity contribution in [2.24, 2.45) is 0 Å². The van der Waals surface area contributed by atoms with Gasteiger partial charge in [-0.25, -0.2) is 0 Å². The summed E-state index contributed by atoms with van der Waals surface area (Å²) in [6.45, 7) is 4.40. The van der Waals surface area contributed by atoms with Gasteiger partial charge in [0.1, 0.15) is 0 Å². The number of nitrogens with zero attached hydrogens (tertiary/aromatic N) is 1. The lowest BCUT2D eigenvalue weighted by atomic mass is 10.0. The lowest BCUT2D eigenvalue weighted by Gasteiger charge is -2.17. The molecule has 1 aromatic heterocycles. The number of aromatic nitrogens is 1. The fourth-order valence-corrected chi connectivity index (χ4v) is 1.57. The lowest BCUT2D eigenvalue weighted by Crippen LogP contribution is -2.26. The molecule has 0 radical (unpaired) electrons. The summed E-state index contributed by atoms with van der Waals surface area (Å²) in [6.07, 6.45) is 4.85. The van der Waals surface area contributed by atoms with Crippen LogP contribution in [0.3, 0.4) is 0 Å². The number of anilines is 1. The first-order valence-electron chi connectivity index (χ1n) is 3.88. The molecule has 0 saturated carbocycles. The highest BCUT2D eigenvalue weighted by Crippen LogP contribution is 2.30. The minimum atomic E-state index is 0.214. The van der Waals surface area contributed by atoms with Crippen molar-refractivity contribution in [2.45, 2.75) is 25.8 Å². The molecule has 2 heteroatoms. The van der Waals surface area contributed by atoms with Gasteiger partial charge in [-0.15, -0.1) is 0 Å². The van der Waals surface area contributed by atoms with Crippen molar-refractivity contribution in [1.82, 2.24) is 4.98 Å². The average molecular weight is 148 g/mol. The molecule has 58 valence electrons. The molecule has 0 fully saturated rings. The first-order chi connectivity index (χ1) is 5.17. The van der Waals surface area contributed by atoms with Gasteiger partial charge in [0.25, 0.3) is 0 Å². The maximum atomic E-state index is 4.08. The normalized spacial score (nSPS) is 19.1. The lowest BCUT2D eigenvalue weighted by molar-refractivity contribution is 0.593. The summed E-state index contributed by atoms with van der Waals surface area (Å²) in [7, 11) is 0. The molecule has 2 heterocycles. The van der Waals surface area contributed by atoms with Gasteiger partial charge in [0, 0.05) is 23.6 Å². The monoisotopic (exact) mass is 148 g/mol. The second-order valence-corrected chi connectivity index (χ2v) is 3.72. The molecule has 0 amide bonds. The number of hydrogen-bond acceptors (Lipinski definition) is 2. The molecule has 0 spiro atoms. The molecular weight excluding hydrogens is 136 g/mol. The van der Waals surface area contributed by atoms with Crippen molar-refractivity contribution in [3.63, 3.8) is 0 Å². The minimum Gasteiger partial charge on any atom is -0.380 e. The van der Waals surface area contributed by atoms with Crippen molar-refractivity contribution in [1.29, 1.82) is 0 Å². The quantitative estimate of drug-likeness (QED) is 0.607. The number of fused-ring (bicyclic) bond motifs is 1. The fraction of sp³-hybridized carbons (Fsp3) is 0.444. The molecule has 1 aromatic rings. The van der Waals surface area contributed by atoms with Gasteiger partial charge in [-0.1, -0.05) is 0 Å². The zero-order valence-corrected chi connectivity index (χ0v) is 6.89. The Morgan fingerprint density at radius 2 is 2.36 bits per heavy atom. The van der Waals surface area contributed by atoms with Crippen molar-refractivity contribution in [3.05, 3.63) is 24.0 Å². The first-order valence-corrected chi connectivity index (χ1v) is 3.88. The summed E-state index contributed by atoms with van der Waals surface area (Å²) in [4.78, 5) is 4.08. The molecule has 0 bridgehead atoms. The van der Waals surface area contributed by atoms with E-state index in [2.05, 4.69) is 24.1 Å². The summed E-state index contributed by atoms with van der Waals surface area (Å²) in [6, 6.07) is 2.03. The zero-order valence-electron chi connectivity index (χ0n) is 6.89. The van der Waals surface area contributed by atoms with Crippen molar-refractivity contribution >= 4 is 5.69 Å². The van der Waals surface area contributed by atoms with Crippen molar-refractivity contribution in [3.8, 4) is 0 Å². The summed E-state index contributed by atoms with van der Waals surface area (Å²) < 4.78 is 0. The Bertz CT molecular complexity index is 252. The van der Waals surface area contributed by atoms with Crippen LogP contribution in [0, 0.1) is 0 Å². The molecule has 2 rings (SSSR count). The zero-order chi connectivity index (χ0) is 7.90. The van der Waals surface area contributed by atoms with E-state index in [9.17, 15) is 0 Å². The molecule has 0 atom stereocenters. The largest absolute Gasteiger partial charge is 0.380 e. The summed E-state index contributed by atoms with van der Waals surface area (Å²) >= 11 is 0. The van der Waals surface area contributed by atoms with Gasteiger partial charge in [-0.3, -0.25) is 4.98 Å². The van der Waals surface area contributed by atoms with Gasteiger partial charge in [0.15, 0.2) is 0 Å². The minimum absolute atomic E-state index is 0.214. The van der Waals surface area contributed by atoms with Crippen LogP contribution in [0.15, 0.2) is 18.5 Å². The van der Waals surface area contributed by atoms with Gasteiger partial charge < -0.3 is 5.32 Å². The highest BCUT2D eigenvalue weighted by atomic mass is 15.0. The maximum Gasteiger partial charge on any atom is 0.0408 e. The summed E-state index contributed by atoms with van der Waals surface area (Å²) in [5, 5.41) is 3.43. The smallest absolute Gasteiger partial charge is 0.0408 e. The Morgan fingerprint density at radius 3 is 3.09 bits per heavy atom. The fourth-order valence-electron chi connectivity index (χ4n) is 1.57. The van der Waals surface area contributed by atoms with Crippen molar-refractivity contribution < 1.29 is 0 Å². The van der Waals surface area contributed by atoms with E-state index >= 15 is 0 Å². The Kier molecular flexibility index (Phi) is 1.19. The van der Waals surface area contributed by atoms with Crippen LogP contribution >= 0.6 is 0 Å². The molecule has 11 heavy (non-hydrogen) atoms. The van der Waals surface area contributed by atoms with Gasteiger partial charge in [-0.05, 0) is 31.9 Å². The molecule has 1 aliphatic rings. The van der Waals surface area contributed by atoms with Crippen LogP contribution < -0.4 is 5.32 Å². The molecule has 0 saturated heterocycles. The first kappa shape index (κ1) is 6.65. The van der Waals surface area contributed by atoms with E-state index in [-0.39, 0.29) is 5.54 Å². The van der Waals surface area contributed by atoms with E-state index in [4.69, 9.17) is 0 Å². The summed E-state index contributed by atoms with van der Waals surface area (Å²) in [5.74, 6) is 0. The Labute approximate surface area is 66.7 Å². The van der Waals surface area contributed by atoms with Crippen LogP contribution in [0.2, 0.25) is 0 Å². The van der Waals surface area contributed by atoms with E-state index in [1.54, 1.807) is 0 Å². The molecule has 0 aromatic carbocycles. The number of pyridine rings is 1. The maximum absolute atomic E-state index is 4.08. The Morgan fingerprint density at radius 1 is 1.55 bits per heavy atom. The molecule has 2 nitrogen and oxygen atoms in total. The topological polar surface area (TPSA) is 24.9 Å². The van der Waals surface area contributed by atoms with Gasteiger partial charge >= 0.3 is 0 Å². The van der Waals surface area contributed by atoms with E-state index in [0.29, 0.717) is 0 Å². The predicted octanol–water partition coefficient (Wildman–Crippen LogP) is 1.83. The van der Waals surface area contributed by atoms with E-state index in [1.165, 1.54) is 11.3 Å².